The van der Waals surface area contributed by atoms with Crippen LogP contribution in [0, 0.1) is 17.5 Å². The van der Waals surface area contributed by atoms with Gasteiger partial charge in [0.2, 0.25) is 0 Å². The molecule has 1 N–H and O–H groups in total. The highest BCUT2D eigenvalue weighted by atomic mass is 35.5. The average Bonchev–Trinajstić information content (AvgIpc) is 2.79. The van der Waals surface area contributed by atoms with Crippen LogP contribution >= 0.6 is 22.9 Å². The minimum atomic E-state index is -5.14. The normalized spacial score (nSPS) is 11.8. The molecule has 0 fully saturated rings. The Labute approximate surface area is 123 Å². The number of hydrogen-bond acceptors (Lipinski definition) is 3. The molecule has 1 aromatic carbocycles. The Morgan fingerprint density at radius 1 is 1.14 bits per heavy atom. The summed E-state index contributed by atoms with van der Waals surface area (Å²) in [6, 6.07) is 0.177. The third kappa shape index (κ3) is 3.41. The van der Waals surface area contributed by atoms with Gasteiger partial charge in [-0.25, -0.2) is 18.2 Å². The number of halogens is 7. The first kappa shape index (κ1) is 15.9. The van der Waals surface area contributed by atoms with E-state index in [4.69, 9.17) is 11.6 Å². The van der Waals surface area contributed by atoms with Gasteiger partial charge in [-0.1, -0.05) is 11.6 Å². The van der Waals surface area contributed by atoms with Gasteiger partial charge in [-0.05, 0) is 6.07 Å². The zero-order chi connectivity index (χ0) is 15.8. The van der Waals surface area contributed by atoms with Crippen LogP contribution in [0.15, 0.2) is 12.3 Å². The molecule has 0 aliphatic heterocycles. The summed E-state index contributed by atoms with van der Waals surface area (Å²) in [5.41, 5.74) is -2.68. The van der Waals surface area contributed by atoms with E-state index in [0.29, 0.717) is 4.88 Å². The number of aromatic nitrogens is 1. The maximum Gasteiger partial charge on any atom is 0.419 e. The SMILES string of the molecule is Fc1c(NCc2cnc(Cl)s2)cc(C(F)(F)F)c(F)c1F. The van der Waals surface area contributed by atoms with Crippen molar-refractivity contribution in [2.24, 2.45) is 0 Å². The summed E-state index contributed by atoms with van der Waals surface area (Å²) >= 11 is 6.56. The van der Waals surface area contributed by atoms with Gasteiger partial charge >= 0.3 is 6.18 Å². The Morgan fingerprint density at radius 3 is 2.33 bits per heavy atom. The molecule has 1 heterocycles. The molecule has 0 aliphatic carbocycles. The van der Waals surface area contributed by atoms with Crippen molar-refractivity contribution in [3.63, 3.8) is 0 Å². The lowest BCUT2D eigenvalue weighted by atomic mass is 10.1. The fraction of sp³-hybridized carbons (Fsp3) is 0.182. The second kappa shape index (κ2) is 5.72. The molecule has 0 spiro atoms. The zero-order valence-corrected chi connectivity index (χ0v) is 11.4. The molecule has 114 valence electrons. The number of alkyl halides is 3. The summed E-state index contributed by atoms with van der Waals surface area (Å²) < 4.78 is 77.5. The van der Waals surface area contributed by atoms with E-state index in [1.165, 1.54) is 6.20 Å². The number of benzene rings is 1. The third-order valence-electron chi connectivity index (χ3n) is 2.43. The van der Waals surface area contributed by atoms with Crippen molar-refractivity contribution in [3.8, 4) is 0 Å². The molecule has 0 unspecified atom stereocenters. The van der Waals surface area contributed by atoms with E-state index in [9.17, 15) is 26.3 Å². The second-order valence-corrected chi connectivity index (χ2v) is 5.54. The molecular weight excluding hydrogens is 342 g/mol. The van der Waals surface area contributed by atoms with Crippen LogP contribution in [0.1, 0.15) is 10.4 Å². The van der Waals surface area contributed by atoms with Crippen molar-refractivity contribution >= 4 is 28.6 Å². The van der Waals surface area contributed by atoms with E-state index >= 15 is 0 Å². The van der Waals surface area contributed by atoms with Crippen LogP contribution in [0.25, 0.3) is 0 Å². The lowest BCUT2D eigenvalue weighted by molar-refractivity contribution is -0.140. The van der Waals surface area contributed by atoms with E-state index in [-0.39, 0.29) is 17.1 Å². The van der Waals surface area contributed by atoms with E-state index < -0.39 is 34.9 Å². The molecule has 0 atom stereocenters. The van der Waals surface area contributed by atoms with Gasteiger partial charge in [-0.15, -0.1) is 11.3 Å². The summed E-state index contributed by atoms with van der Waals surface area (Å²) in [5, 5.41) is 2.25. The first-order valence-corrected chi connectivity index (χ1v) is 6.48. The van der Waals surface area contributed by atoms with Crippen LogP contribution in [0.4, 0.5) is 32.0 Å². The highest BCUT2D eigenvalue weighted by molar-refractivity contribution is 7.15. The van der Waals surface area contributed by atoms with Gasteiger partial charge in [0.25, 0.3) is 0 Å². The summed E-state index contributed by atoms with van der Waals surface area (Å²) in [5.74, 6) is -6.18. The number of rotatable bonds is 3. The van der Waals surface area contributed by atoms with Gasteiger partial charge in [0, 0.05) is 11.1 Å². The second-order valence-electron chi connectivity index (χ2n) is 3.84. The van der Waals surface area contributed by atoms with Crippen molar-refractivity contribution in [3.05, 3.63) is 44.6 Å². The molecule has 2 aromatic rings. The molecule has 0 radical (unpaired) electrons. The van der Waals surface area contributed by atoms with Crippen LogP contribution in [0.3, 0.4) is 0 Å². The standard InChI is InChI=1S/C11H5ClF6N2S/c12-10-20-3-4(21-10)2-19-6-1-5(11(16,17)18)7(13)9(15)8(6)14/h1,3,19H,2H2. The molecule has 10 heteroatoms. The van der Waals surface area contributed by atoms with Crippen molar-refractivity contribution in [1.82, 2.24) is 4.98 Å². The predicted octanol–water partition coefficient (Wildman–Crippen LogP) is 4.84. The van der Waals surface area contributed by atoms with E-state index in [1.807, 2.05) is 0 Å². The fourth-order valence-electron chi connectivity index (χ4n) is 1.49. The Bertz CT molecular complexity index is 669. The molecule has 21 heavy (non-hydrogen) atoms. The fourth-order valence-corrected chi connectivity index (χ4v) is 2.40. The summed E-state index contributed by atoms with van der Waals surface area (Å²) in [4.78, 5) is 4.16. The number of nitrogens with zero attached hydrogens (tertiary/aromatic N) is 1. The van der Waals surface area contributed by atoms with Gasteiger partial charge in [0.1, 0.15) is 0 Å². The molecule has 1 aromatic heterocycles. The minimum Gasteiger partial charge on any atom is -0.378 e. The Hall–Kier alpha value is -1.48. The molecule has 0 amide bonds. The predicted molar refractivity (Wildman–Crippen MR) is 65.8 cm³/mol. The molecular formula is C11H5ClF6N2S. The number of nitrogens with one attached hydrogen (secondary N) is 1. The van der Waals surface area contributed by atoms with Gasteiger partial charge in [-0.3, -0.25) is 0 Å². The molecule has 0 aliphatic rings. The van der Waals surface area contributed by atoms with Crippen molar-refractivity contribution in [1.29, 1.82) is 0 Å². The summed E-state index contributed by atoms with van der Waals surface area (Å²) in [6.07, 6.45) is -3.81. The van der Waals surface area contributed by atoms with Crippen molar-refractivity contribution in [2.45, 2.75) is 12.7 Å². The van der Waals surface area contributed by atoms with Gasteiger partial charge < -0.3 is 5.32 Å². The Balaban J connectivity index is 2.33. The molecule has 2 rings (SSSR count). The topological polar surface area (TPSA) is 24.9 Å². The van der Waals surface area contributed by atoms with Crippen LogP contribution in [-0.4, -0.2) is 4.98 Å². The lowest BCUT2D eigenvalue weighted by Crippen LogP contribution is -2.13. The first-order chi connectivity index (χ1) is 9.70. The zero-order valence-electron chi connectivity index (χ0n) is 9.86. The van der Waals surface area contributed by atoms with E-state index in [2.05, 4.69) is 10.3 Å². The number of hydrogen-bond donors (Lipinski definition) is 1. The number of anilines is 1. The molecule has 0 saturated carbocycles. The monoisotopic (exact) mass is 346 g/mol. The summed E-state index contributed by atoms with van der Waals surface area (Å²) in [6.45, 7) is -0.135. The van der Waals surface area contributed by atoms with Gasteiger partial charge in [0.05, 0.1) is 17.8 Å². The smallest absolute Gasteiger partial charge is 0.378 e. The largest absolute Gasteiger partial charge is 0.419 e. The summed E-state index contributed by atoms with van der Waals surface area (Å²) in [7, 11) is 0. The Kier molecular flexibility index (Phi) is 4.33. The number of thiazole rings is 1. The molecule has 0 bridgehead atoms. The van der Waals surface area contributed by atoms with E-state index in [1.54, 1.807) is 0 Å². The van der Waals surface area contributed by atoms with Crippen LogP contribution in [0.5, 0.6) is 0 Å². The van der Waals surface area contributed by atoms with Gasteiger partial charge in [-0.2, -0.15) is 13.2 Å². The van der Waals surface area contributed by atoms with Crippen LogP contribution in [-0.2, 0) is 12.7 Å². The van der Waals surface area contributed by atoms with Crippen LogP contribution < -0.4 is 5.32 Å². The minimum absolute atomic E-state index is 0.135. The lowest BCUT2D eigenvalue weighted by Gasteiger charge is -2.13. The van der Waals surface area contributed by atoms with Gasteiger partial charge in [0.15, 0.2) is 21.9 Å². The molecule has 0 saturated heterocycles. The first-order valence-electron chi connectivity index (χ1n) is 5.29. The third-order valence-corrected chi connectivity index (χ3v) is 3.55. The highest BCUT2D eigenvalue weighted by Gasteiger charge is 2.37. The van der Waals surface area contributed by atoms with Crippen molar-refractivity contribution < 1.29 is 26.3 Å². The Morgan fingerprint density at radius 2 is 1.81 bits per heavy atom. The van der Waals surface area contributed by atoms with Crippen LogP contribution in [0.2, 0.25) is 4.47 Å². The molecule has 2 nitrogen and oxygen atoms in total. The maximum atomic E-state index is 13.5. The average molecular weight is 347 g/mol. The quantitative estimate of drug-likeness (QED) is 0.635. The highest BCUT2D eigenvalue weighted by Crippen LogP contribution is 2.36. The maximum absolute atomic E-state index is 13.5. The van der Waals surface area contributed by atoms with Crippen molar-refractivity contribution in [2.75, 3.05) is 5.32 Å². The van der Waals surface area contributed by atoms with E-state index in [0.717, 1.165) is 11.3 Å².